The molecule has 0 saturated heterocycles. The molecule has 1 atom stereocenters. The van der Waals surface area contributed by atoms with E-state index in [2.05, 4.69) is 10.0 Å². The van der Waals surface area contributed by atoms with Crippen LogP contribution in [0.25, 0.3) is 10.4 Å². The van der Waals surface area contributed by atoms with Gasteiger partial charge in [0.2, 0.25) is 0 Å². The number of azide groups is 1. The summed E-state index contributed by atoms with van der Waals surface area (Å²) in [7, 11) is 0. The minimum Gasteiger partial charge on any atom is -0.492 e. The lowest BCUT2D eigenvalue weighted by Gasteiger charge is -2.10. The van der Waals surface area contributed by atoms with Crippen LogP contribution in [0, 0.1) is 0 Å². The molecule has 0 heterocycles. The lowest BCUT2D eigenvalue weighted by molar-refractivity contribution is 0.291. The number of hydrogen-bond donors (Lipinski definition) is 1. The largest absolute Gasteiger partial charge is 0.492 e. The van der Waals surface area contributed by atoms with Crippen LogP contribution in [0.1, 0.15) is 0 Å². The Morgan fingerprint density at radius 3 is 2.79 bits per heavy atom. The van der Waals surface area contributed by atoms with Gasteiger partial charge in [0.05, 0.1) is 0 Å². The van der Waals surface area contributed by atoms with Gasteiger partial charge in [0.25, 0.3) is 0 Å². The molecule has 2 N–H and O–H groups in total. The average Bonchev–Trinajstić information content (AvgIpc) is 2.25. The molecule has 1 rings (SSSR count). The molecule has 0 aliphatic carbocycles. The minimum absolute atomic E-state index is 0.253. The minimum atomic E-state index is -0.258. The van der Waals surface area contributed by atoms with E-state index in [1.807, 2.05) is 30.3 Å². The third kappa shape index (κ3) is 3.80. The summed E-state index contributed by atoms with van der Waals surface area (Å²) in [5.41, 5.74) is 13.7. The van der Waals surface area contributed by atoms with Crippen LogP contribution in [-0.2, 0) is 0 Å². The number of ether oxygens (including phenoxy) is 1. The zero-order valence-electron chi connectivity index (χ0n) is 7.71. The maximum atomic E-state index is 8.06. The molecule has 5 nitrogen and oxygen atoms in total. The van der Waals surface area contributed by atoms with E-state index >= 15 is 0 Å². The first-order valence-corrected chi connectivity index (χ1v) is 4.27. The van der Waals surface area contributed by atoms with Crippen molar-refractivity contribution in [1.82, 2.24) is 0 Å². The lowest BCUT2D eigenvalue weighted by Crippen LogP contribution is -2.30. The lowest BCUT2D eigenvalue weighted by atomic mass is 10.3. The summed E-state index contributed by atoms with van der Waals surface area (Å²) in [5, 5.41) is 3.36. The average molecular weight is 192 g/mol. The van der Waals surface area contributed by atoms with E-state index < -0.39 is 0 Å². The van der Waals surface area contributed by atoms with Crippen molar-refractivity contribution in [3.05, 3.63) is 40.8 Å². The summed E-state index contributed by atoms with van der Waals surface area (Å²) < 4.78 is 5.36. The molecule has 0 aromatic heterocycles. The van der Waals surface area contributed by atoms with Gasteiger partial charge in [-0.3, -0.25) is 0 Å². The van der Waals surface area contributed by atoms with Crippen molar-refractivity contribution in [3.8, 4) is 5.75 Å². The highest BCUT2D eigenvalue weighted by molar-refractivity contribution is 5.20. The molecule has 0 aliphatic rings. The Morgan fingerprint density at radius 2 is 2.14 bits per heavy atom. The van der Waals surface area contributed by atoms with E-state index in [9.17, 15) is 0 Å². The molecule has 0 amide bonds. The molecule has 0 spiro atoms. The smallest absolute Gasteiger partial charge is 0.119 e. The van der Waals surface area contributed by atoms with Crippen molar-refractivity contribution in [3.63, 3.8) is 0 Å². The highest BCUT2D eigenvalue weighted by Gasteiger charge is 2.01. The monoisotopic (exact) mass is 192 g/mol. The highest BCUT2D eigenvalue weighted by atomic mass is 16.5. The SMILES string of the molecule is [N-]=[N+]=NCC(N)COc1ccccc1. The number of para-hydroxylation sites is 1. The van der Waals surface area contributed by atoms with Crippen molar-refractivity contribution >= 4 is 0 Å². The third-order valence-electron chi connectivity index (χ3n) is 1.59. The fraction of sp³-hybridized carbons (Fsp3) is 0.333. The van der Waals surface area contributed by atoms with Crippen LogP contribution >= 0.6 is 0 Å². The number of benzene rings is 1. The van der Waals surface area contributed by atoms with Gasteiger partial charge in [0, 0.05) is 17.5 Å². The second-order valence-electron chi connectivity index (χ2n) is 2.80. The van der Waals surface area contributed by atoms with Crippen molar-refractivity contribution < 1.29 is 4.74 Å². The first-order valence-electron chi connectivity index (χ1n) is 4.27. The van der Waals surface area contributed by atoms with Gasteiger partial charge in [0.15, 0.2) is 0 Å². The molecule has 1 aromatic rings. The van der Waals surface area contributed by atoms with Gasteiger partial charge in [-0.15, -0.1) is 0 Å². The summed E-state index contributed by atoms with van der Waals surface area (Å²) in [6, 6.07) is 9.11. The van der Waals surface area contributed by atoms with Gasteiger partial charge in [-0.1, -0.05) is 23.3 Å². The molecule has 14 heavy (non-hydrogen) atoms. The first-order chi connectivity index (χ1) is 6.83. The fourth-order valence-corrected chi connectivity index (χ4v) is 0.914. The number of hydrogen-bond acceptors (Lipinski definition) is 3. The molecular formula is C9H12N4O. The molecule has 5 heteroatoms. The zero-order valence-corrected chi connectivity index (χ0v) is 7.71. The Balaban J connectivity index is 2.30. The fourth-order valence-electron chi connectivity index (χ4n) is 0.914. The van der Waals surface area contributed by atoms with Crippen LogP contribution in [0.3, 0.4) is 0 Å². The Kier molecular flexibility index (Phi) is 4.34. The maximum Gasteiger partial charge on any atom is 0.119 e. The normalized spacial score (nSPS) is 11.5. The highest BCUT2D eigenvalue weighted by Crippen LogP contribution is 2.07. The third-order valence-corrected chi connectivity index (χ3v) is 1.59. The molecule has 0 aliphatic heterocycles. The molecule has 0 bridgehead atoms. The van der Waals surface area contributed by atoms with Gasteiger partial charge >= 0.3 is 0 Å². The number of nitrogens with two attached hydrogens (primary N) is 1. The van der Waals surface area contributed by atoms with Gasteiger partial charge < -0.3 is 10.5 Å². The van der Waals surface area contributed by atoms with E-state index in [4.69, 9.17) is 16.0 Å². The van der Waals surface area contributed by atoms with Crippen LogP contribution in [-0.4, -0.2) is 19.2 Å². The predicted octanol–water partition coefficient (Wildman–Crippen LogP) is 1.70. The van der Waals surface area contributed by atoms with E-state index in [-0.39, 0.29) is 12.6 Å². The first kappa shape index (κ1) is 10.4. The van der Waals surface area contributed by atoms with E-state index in [0.717, 1.165) is 5.75 Å². The quantitative estimate of drug-likeness (QED) is 0.437. The summed E-state index contributed by atoms with van der Waals surface area (Å²) in [6.07, 6.45) is 0. The van der Waals surface area contributed by atoms with E-state index in [1.54, 1.807) is 0 Å². The summed E-state index contributed by atoms with van der Waals surface area (Å²) >= 11 is 0. The predicted molar refractivity (Wildman–Crippen MR) is 53.9 cm³/mol. The molecular weight excluding hydrogens is 180 g/mol. The summed E-state index contributed by atoms with van der Waals surface area (Å²) in [6.45, 7) is 0.604. The van der Waals surface area contributed by atoms with Crippen molar-refractivity contribution in [2.45, 2.75) is 6.04 Å². The van der Waals surface area contributed by atoms with E-state index in [1.165, 1.54) is 0 Å². The number of nitrogens with zero attached hydrogens (tertiary/aromatic N) is 3. The Hall–Kier alpha value is -1.71. The molecule has 0 radical (unpaired) electrons. The zero-order chi connectivity index (χ0) is 10.2. The van der Waals surface area contributed by atoms with Gasteiger partial charge in [-0.2, -0.15) is 0 Å². The van der Waals surface area contributed by atoms with Crippen molar-refractivity contribution in [1.29, 1.82) is 0 Å². The van der Waals surface area contributed by atoms with Gasteiger partial charge in [0.1, 0.15) is 12.4 Å². The topological polar surface area (TPSA) is 84.0 Å². The van der Waals surface area contributed by atoms with Crippen LogP contribution in [0.2, 0.25) is 0 Å². The summed E-state index contributed by atoms with van der Waals surface area (Å²) in [4.78, 5) is 2.62. The second-order valence-corrected chi connectivity index (χ2v) is 2.80. The maximum absolute atomic E-state index is 8.06. The van der Waals surface area contributed by atoms with Crippen LogP contribution in [0.4, 0.5) is 0 Å². The molecule has 0 fully saturated rings. The Labute approximate surface area is 82.1 Å². The number of rotatable bonds is 5. The standard InChI is InChI=1S/C9H12N4O/c10-8(6-12-13-11)7-14-9-4-2-1-3-5-9/h1-5,8H,6-7,10H2. The van der Waals surface area contributed by atoms with Crippen molar-refractivity contribution in [2.75, 3.05) is 13.2 Å². The molecule has 1 unspecified atom stereocenters. The van der Waals surface area contributed by atoms with Gasteiger partial charge in [-0.05, 0) is 17.7 Å². The van der Waals surface area contributed by atoms with Crippen LogP contribution in [0.15, 0.2) is 35.4 Å². The van der Waals surface area contributed by atoms with Crippen molar-refractivity contribution in [2.24, 2.45) is 10.8 Å². The summed E-state index contributed by atoms with van der Waals surface area (Å²) in [5.74, 6) is 0.767. The van der Waals surface area contributed by atoms with Crippen LogP contribution in [0.5, 0.6) is 5.75 Å². The second kappa shape index (κ2) is 5.85. The Bertz CT molecular complexity index is 308. The Morgan fingerprint density at radius 1 is 1.43 bits per heavy atom. The molecule has 1 aromatic carbocycles. The van der Waals surface area contributed by atoms with Gasteiger partial charge in [-0.25, -0.2) is 0 Å². The van der Waals surface area contributed by atoms with Crippen LogP contribution < -0.4 is 10.5 Å². The molecule has 0 saturated carbocycles. The molecule has 74 valence electrons. The van der Waals surface area contributed by atoms with E-state index in [0.29, 0.717) is 6.61 Å².